The zero-order chi connectivity index (χ0) is 9.68. The lowest BCUT2D eigenvalue weighted by Gasteiger charge is -2.00. The van der Waals surface area contributed by atoms with Gasteiger partial charge in [0.1, 0.15) is 5.82 Å². The predicted molar refractivity (Wildman–Crippen MR) is 53.7 cm³/mol. The van der Waals surface area contributed by atoms with E-state index in [2.05, 4.69) is 0 Å². The summed E-state index contributed by atoms with van der Waals surface area (Å²) < 4.78 is 12.8. The quantitative estimate of drug-likeness (QED) is 0.758. The maximum Gasteiger partial charge on any atom is 0.123 e. The van der Waals surface area contributed by atoms with E-state index in [9.17, 15) is 4.39 Å². The largest absolute Gasteiger partial charge is 0.330 e. The predicted octanol–water partition coefficient (Wildman–Crippen LogP) is 2.58. The van der Waals surface area contributed by atoms with Gasteiger partial charge in [0.2, 0.25) is 0 Å². The van der Waals surface area contributed by atoms with Gasteiger partial charge in [-0.1, -0.05) is 18.2 Å². The van der Waals surface area contributed by atoms with Crippen LogP contribution in [0.15, 0.2) is 30.3 Å². The molecule has 0 aliphatic heterocycles. The van der Waals surface area contributed by atoms with Crippen LogP contribution in [-0.2, 0) is 0 Å². The van der Waals surface area contributed by atoms with Crippen LogP contribution in [0.3, 0.4) is 0 Å². The lowest BCUT2D eigenvalue weighted by atomic mass is 10.1. The Kier molecular flexibility index (Phi) is 3.65. The fourth-order valence-electron chi connectivity index (χ4n) is 1.15. The molecule has 0 unspecified atom stereocenters. The molecule has 1 aromatic carbocycles. The zero-order valence-corrected chi connectivity index (χ0v) is 7.76. The molecule has 1 aromatic rings. The van der Waals surface area contributed by atoms with E-state index in [-0.39, 0.29) is 5.82 Å². The van der Waals surface area contributed by atoms with Crippen molar-refractivity contribution in [2.75, 3.05) is 6.54 Å². The van der Waals surface area contributed by atoms with Crippen molar-refractivity contribution >= 4 is 5.57 Å². The SMILES string of the molecule is C/C(=C\CCN)c1cccc(F)c1. The highest BCUT2D eigenvalue weighted by Gasteiger charge is 1.95. The van der Waals surface area contributed by atoms with E-state index in [1.807, 2.05) is 19.1 Å². The first-order valence-electron chi connectivity index (χ1n) is 4.37. The van der Waals surface area contributed by atoms with Crippen molar-refractivity contribution in [1.82, 2.24) is 0 Å². The van der Waals surface area contributed by atoms with Gasteiger partial charge < -0.3 is 5.73 Å². The van der Waals surface area contributed by atoms with Crippen LogP contribution in [0, 0.1) is 5.82 Å². The van der Waals surface area contributed by atoms with Crippen LogP contribution < -0.4 is 5.73 Å². The summed E-state index contributed by atoms with van der Waals surface area (Å²) in [5.41, 5.74) is 7.36. The Morgan fingerprint density at radius 3 is 2.92 bits per heavy atom. The topological polar surface area (TPSA) is 26.0 Å². The number of halogens is 1. The smallest absolute Gasteiger partial charge is 0.123 e. The minimum absolute atomic E-state index is 0.196. The van der Waals surface area contributed by atoms with Crippen LogP contribution >= 0.6 is 0 Å². The maximum atomic E-state index is 12.8. The number of allylic oxidation sites excluding steroid dienone is 1. The van der Waals surface area contributed by atoms with Crippen molar-refractivity contribution < 1.29 is 4.39 Å². The minimum atomic E-state index is -0.196. The van der Waals surface area contributed by atoms with E-state index in [0.717, 1.165) is 17.6 Å². The molecule has 0 aliphatic carbocycles. The first kappa shape index (κ1) is 9.93. The van der Waals surface area contributed by atoms with Crippen LogP contribution in [0.25, 0.3) is 5.57 Å². The molecule has 1 nitrogen and oxygen atoms in total. The van der Waals surface area contributed by atoms with E-state index in [4.69, 9.17) is 5.73 Å². The van der Waals surface area contributed by atoms with Crippen LogP contribution in [0.4, 0.5) is 4.39 Å². The van der Waals surface area contributed by atoms with Gasteiger partial charge in [0.25, 0.3) is 0 Å². The Bertz CT molecular complexity index is 305. The van der Waals surface area contributed by atoms with Gasteiger partial charge in [0.15, 0.2) is 0 Å². The van der Waals surface area contributed by atoms with Crippen molar-refractivity contribution in [2.24, 2.45) is 5.73 Å². The first-order chi connectivity index (χ1) is 6.24. The van der Waals surface area contributed by atoms with Crippen LogP contribution in [0.2, 0.25) is 0 Å². The molecule has 0 saturated carbocycles. The third-order valence-corrected chi connectivity index (χ3v) is 1.90. The number of benzene rings is 1. The molecule has 0 bridgehead atoms. The molecule has 0 heterocycles. The normalized spacial score (nSPS) is 11.8. The van der Waals surface area contributed by atoms with Crippen molar-refractivity contribution in [1.29, 1.82) is 0 Å². The Balaban J connectivity index is 2.82. The van der Waals surface area contributed by atoms with Gasteiger partial charge in [-0.2, -0.15) is 0 Å². The van der Waals surface area contributed by atoms with Gasteiger partial charge in [-0.25, -0.2) is 4.39 Å². The zero-order valence-electron chi connectivity index (χ0n) is 7.76. The third-order valence-electron chi connectivity index (χ3n) is 1.90. The molecular formula is C11H14FN. The molecule has 2 heteroatoms. The Hall–Kier alpha value is -1.15. The van der Waals surface area contributed by atoms with Crippen molar-refractivity contribution in [3.8, 4) is 0 Å². The van der Waals surface area contributed by atoms with Gasteiger partial charge in [-0.05, 0) is 43.2 Å². The average molecular weight is 179 g/mol. The Labute approximate surface area is 78.1 Å². The van der Waals surface area contributed by atoms with Crippen LogP contribution in [0.1, 0.15) is 18.9 Å². The Morgan fingerprint density at radius 2 is 2.31 bits per heavy atom. The molecule has 0 radical (unpaired) electrons. The number of hydrogen-bond donors (Lipinski definition) is 1. The molecule has 1 rings (SSSR count). The molecule has 0 aromatic heterocycles. The molecular weight excluding hydrogens is 165 g/mol. The molecule has 0 atom stereocenters. The third kappa shape index (κ3) is 2.99. The van der Waals surface area contributed by atoms with Crippen LogP contribution in [-0.4, -0.2) is 6.54 Å². The summed E-state index contributed by atoms with van der Waals surface area (Å²) in [6.45, 7) is 2.59. The van der Waals surface area contributed by atoms with Crippen molar-refractivity contribution in [3.63, 3.8) is 0 Å². The molecule has 2 N–H and O–H groups in total. The second-order valence-corrected chi connectivity index (χ2v) is 2.97. The summed E-state index contributed by atoms with van der Waals surface area (Å²) in [7, 11) is 0. The number of nitrogens with two attached hydrogens (primary N) is 1. The van der Waals surface area contributed by atoms with E-state index in [1.54, 1.807) is 6.07 Å². The van der Waals surface area contributed by atoms with E-state index >= 15 is 0 Å². The monoisotopic (exact) mass is 179 g/mol. The van der Waals surface area contributed by atoms with E-state index in [0.29, 0.717) is 6.54 Å². The highest BCUT2D eigenvalue weighted by molar-refractivity contribution is 5.63. The highest BCUT2D eigenvalue weighted by atomic mass is 19.1. The van der Waals surface area contributed by atoms with Crippen molar-refractivity contribution in [3.05, 3.63) is 41.7 Å². The highest BCUT2D eigenvalue weighted by Crippen LogP contribution is 2.14. The Morgan fingerprint density at radius 1 is 1.54 bits per heavy atom. The van der Waals surface area contributed by atoms with E-state index in [1.165, 1.54) is 12.1 Å². The fourth-order valence-corrected chi connectivity index (χ4v) is 1.15. The number of rotatable bonds is 3. The summed E-state index contributed by atoms with van der Waals surface area (Å²) in [6, 6.07) is 6.58. The second kappa shape index (κ2) is 4.77. The lowest BCUT2D eigenvalue weighted by molar-refractivity contribution is 0.627. The maximum absolute atomic E-state index is 12.8. The first-order valence-corrected chi connectivity index (χ1v) is 4.37. The van der Waals surface area contributed by atoms with E-state index < -0.39 is 0 Å². The van der Waals surface area contributed by atoms with Crippen LogP contribution in [0.5, 0.6) is 0 Å². The van der Waals surface area contributed by atoms with Gasteiger partial charge in [0.05, 0.1) is 0 Å². The molecule has 0 saturated heterocycles. The molecule has 0 spiro atoms. The summed E-state index contributed by atoms with van der Waals surface area (Å²) in [5, 5.41) is 0. The summed E-state index contributed by atoms with van der Waals surface area (Å²) in [6.07, 6.45) is 2.86. The summed E-state index contributed by atoms with van der Waals surface area (Å²) in [4.78, 5) is 0. The fraction of sp³-hybridized carbons (Fsp3) is 0.273. The molecule has 70 valence electrons. The average Bonchev–Trinajstić information content (AvgIpc) is 2.14. The standard InChI is InChI=1S/C11H14FN/c1-9(4-3-7-13)10-5-2-6-11(12)8-10/h2,4-6,8H,3,7,13H2,1H3/b9-4+. The van der Waals surface area contributed by atoms with Gasteiger partial charge >= 0.3 is 0 Å². The van der Waals surface area contributed by atoms with Crippen molar-refractivity contribution in [2.45, 2.75) is 13.3 Å². The molecule has 0 amide bonds. The minimum Gasteiger partial charge on any atom is -0.330 e. The molecule has 0 fully saturated rings. The second-order valence-electron chi connectivity index (χ2n) is 2.97. The van der Waals surface area contributed by atoms with Gasteiger partial charge in [0, 0.05) is 0 Å². The van der Waals surface area contributed by atoms with Gasteiger partial charge in [-0.3, -0.25) is 0 Å². The van der Waals surface area contributed by atoms with Gasteiger partial charge in [-0.15, -0.1) is 0 Å². The number of hydrogen-bond acceptors (Lipinski definition) is 1. The molecule has 0 aliphatic rings. The lowest BCUT2D eigenvalue weighted by Crippen LogP contribution is -1.95. The molecule has 13 heavy (non-hydrogen) atoms. The summed E-state index contributed by atoms with van der Waals surface area (Å²) in [5.74, 6) is -0.196. The summed E-state index contributed by atoms with van der Waals surface area (Å²) >= 11 is 0.